The van der Waals surface area contributed by atoms with Gasteiger partial charge in [-0.1, -0.05) is 0 Å². The van der Waals surface area contributed by atoms with Gasteiger partial charge < -0.3 is 30.8 Å². The molecule has 0 radical (unpaired) electrons. The molecule has 0 fully saturated rings. The van der Waals surface area contributed by atoms with Crippen LogP contribution in [-0.2, 0) is 24.0 Å². The fourth-order valence-electron chi connectivity index (χ4n) is 1.35. The van der Waals surface area contributed by atoms with Crippen LogP contribution in [0.3, 0.4) is 0 Å². The van der Waals surface area contributed by atoms with Crippen LogP contribution < -0.4 is 5.32 Å². The summed E-state index contributed by atoms with van der Waals surface area (Å²) in [5, 5.41) is 45.6. The Morgan fingerprint density at radius 3 is 1.76 bits per heavy atom. The first kappa shape index (κ1) is 18.3. The molecule has 0 aromatic rings. The largest absolute Gasteiger partial charge is 0.481 e. The highest BCUT2D eigenvalue weighted by atomic mass is 16.4. The minimum Gasteiger partial charge on any atom is -0.481 e. The predicted octanol–water partition coefficient (Wildman–Crippen LogP) is -2.29. The first-order chi connectivity index (χ1) is 9.47. The molecule has 0 aromatic heterocycles. The molecule has 0 heterocycles. The molecule has 2 unspecified atom stereocenters. The first-order valence-corrected chi connectivity index (χ1v) is 5.39. The fraction of sp³-hybridized carbons (Fsp3) is 0.500. The van der Waals surface area contributed by atoms with E-state index in [1.807, 2.05) is 0 Å². The number of aliphatic carboxylic acids is 4. The van der Waals surface area contributed by atoms with Gasteiger partial charge in [0.2, 0.25) is 5.91 Å². The van der Waals surface area contributed by atoms with Crippen LogP contribution in [0.1, 0.15) is 19.3 Å². The first-order valence-electron chi connectivity index (χ1n) is 5.39. The summed E-state index contributed by atoms with van der Waals surface area (Å²) < 4.78 is 0. The molecule has 0 saturated carbocycles. The summed E-state index contributed by atoms with van der Waals surface area (Å²) in [6, 6.07) is -1.84. The summed E-state index contributed by atoms with van der Waals surface area (Å²) in [5.41, 5.74) is -2.93. The third-order valence-electron chi connectivity index (χ3n) is 2.31. The molecule has 0 aliphatic carbocycles. The van der Waals surface area contributed by atoms with Crippen LogP contribution in [0, 0.1) is 0 Å². The van der Waals surface area contributed by atoms with Crippen LogP contribution in [0.4, 0.5) is 0 Å². The molecule has 1 amide bonds. The summed E-state index contributed by atoms with van der Waals surface area (Å²) in [6.45, 7) is 0. The van der Waals surface area contributed by atoms with Crippen LogP contribution in [0.15, 0.2) is 0 Å². The summed E-state index contributed by atoms with van der Waals surface area (Å²) in [7, 11) is 0. The fourth-order valence-corrected chi connectivity index (χ4v) is 1.35. The molecular weight excluding hydrogens is 294 g/mol. The van der Waals surface area contributed by atoms with E-state index in [-0.39, 0.29) is 0 Å². The lowest BCUT2D eigenvalue weighted by Gasteiger charge is -2.21. The van der Waals surface area contributed by atoms with E-state index in [0.29, 0.717) is 0 Å². The van der Waals surface area contributed by atoms with Gasteiger partial charge in [0, 0.05) is 0 Å². The maximum Gasteiger partial charge on any atom is 0.336 e. The average molecular weight is 307 g/mol. The smallest absolute Gasteiger partial charge is 0.336 e. The Bertz CT molecular complexity index is 472. The van der Waals surface area contributed by atoms with E-state index in [4.69, 9.17) is 20.4 Å². The topological polar surface area (TPSA) is 199 Å². The van der Waals surface area contributed by atoms with E-state index in [1.54, 1.807) is 5.32 Å². The van der Waals surface area contributed by atoms with Gasteiger partial charge in [-0.3, -0.25) is 14.4 Å². The van der Waals surface area contributed by atoms with Crippen molar-refractivity contribution in [1.29, 1.82) is 0 Å². The Hall–Kier alpha value is -2.69. The van der Waals surface area contributed by atoms with E-state index in [0.717, 1.165) is 0 Å². The Morgan fingerprint density at radius 1 is 0.905 bits per heavy atom. The lowest BCUT2D eigenvalue weighted by atomic mass is 9.95. The minimum absolute atomic E-state index is 0.967. The second kappa shape index (κ2) is 7.19. The third kappa shape index (κ3) is 6.33. The maximum atomic E-state index is 11.5. The Morgan fingerprint density at radius 2 is 1.43 bits per heavy atom. The zero-order valence-corrected chi connectivity index (χ0v) is 10.5. The van der Waals surface area contributed by atoms with Crippen LogP contribution in [0.2, 0.25) is 0 Å². The van der Waals surface area contributed by atoms with Crippen molar-refractivity contribution in [2.45, 2.75) is 30.9 Å². The number of carbonyl (C=O) groups is 5. The van der Waals surface area contributed by atoms with Crippen molar-refractivity contribution in [1.82, 2.24) is 5.32 Å². The number of hydrogen-bond acceptors (Lipinski definition) is 6. The standard InChI is InChI=1S/C10H13NO10/c12-5(11-4(8(17)18)1-6(13)14)2-10(21,9(19)20)3-7(15)16/h4,21H,1-3H2,(H,11,12)(H,13,14)(H,15,16)(H,17,18)(H,19,20). The van der Waals surface area contributed by atoms with Gasteiger partial charge in [-0.15, -0.1) is 0 Å². The molecule has 0 aromatic carbocycles. The normalized spacial score (nSPS) is 14.5. The van der Waals surface area contributed by atoms with Crippen molar-refractivity contribution in [2.24, 2.45) is 0 Å². The van der Waals surface area contributed by atoms with Gasteiger partial charge in [0.15, 0.2) is 5.60 Å². The van der Waals surface area contributed by atoms with Crippen LogP contribution >= 0.6 is 0 Å². The van der Waals surface area contributed by atoms with Gasteiger partial charge in [0.1, 0.15) is 6.04 Å². The highest BCUT2D eigenvalue weighted by molar-refractivity contribution is 5.92. The number of amides is 1. The predicted molar refractivity (Wildman–Crippen MR) is 61.3 cm³/mol. The summed E-state index contributed by atoms with van der Waals surface area (Å²) >= 11 is 0. The minimum atomic E-state index is -2.93. The Kier molecular flexibility index (Phi) is 6.27. The number of carboxylic acid groups (broad SMARTS) is 4. The molecule has 0 saturated heterocycles. The number of nitrogens with one attached hydrogen (secondary N) is 1. The van der Waals surface area contributed by atoms with Gasteiger partial charge >= 0.3 is 23.9 Å². The zero-order chi connectivity index (χ0) is 16.8. The van der Waals surface area contributed by atoms with E-state index in [2.05, 4.69) is 0 Å². The van der Waals surface area contributed by atoms with E-state index in [1.165, 1.54) is 0 Å². The zero-order valence-electron chi connectivity index (χ0n) is 10.5. The Balaban J connectivity index is 4.91. The third-order valence-corrected chi connectivity index (χ3v) is 2.31. The van der Waals surface area contributed by atoms with Crippen molar-refractivity contribution in [2.75, 3.05) is 0 Å². The molecule has 0 rings (SSSR count). The van der Waals surface area contributed by atoms with Crippen molar-refractivity contribution in [3.05, 3.63) is 0 Å². The molecule has 0 aliphatic rings. The summed E-state index contributed by atoms with van der Waals surface area (Å²) in [5.74, 6) is -8.18. The highest BCUT2D eigenvalue weighted by Crippen LogP contribution is 2.16. The molecule has 118 valence electrons. The molecule has 2 atom stereocenters. The second-order valence-corrected chi connectivity index (χ2v) is 4.14. The SMILES string of the molecule is O=C(O)CC(NC(=O)CC(O)(CC(=O)O)C(=O)O)C(=O)O. The van der Waals surface area contributed by atoms with Gasteiger partial charge in [-0.25, -0.2) is 9.59 Å². The second-order valence-electron chi connectivity index (χ2n) is 4.14. The van der Waals surface area contributed by atoms with Crippen LogP contribution in [0.25, 0.3) is 0 Å². The molecule has 21 heavy (non-hydrogen) atoms. The molecule has 11 heteroatoms. The van der Waals surface area contributed by atoms with E-state index < -0.39 is 60.7 Å². The average Bonchev–Trinajstić information content (AvgIpc) is 2.25. The number of carboxylic acids is 4. The van der Waals surface area contributed by atoms with Gasteiger partial charge in [0.05, 0.1) is 19.3 Å². The monoisotopic (exact) mass is 307 g/mol. The lowest BCUT2D eigenvalue weighted by molar-refractivity contribution is -0.168. The maximum absolute atomic E-state index is 11.5. The van der Waals surface area contributed by atoms with Crippen LogP contribution in [-0.4, -0.2) is 67.0 Å². The van der Waals surface area contributed by atoms with Gasteiger partial charge in [-0.2, -0.15) is 0 Å². The molecular formula is C10H13NO10. The van der Waals surface area contributed by atoms with Crippen molar-refractivity contribution in [3.8, 4) is 0 Å². The lowest BCUT2D eigenvalue weighted by Crippen LogP contribution is -2.49. The van der Waals surface area contributed by atoms with Crippen molar-refractivity contribution < 1.29 is 49.5 Å². The molecule has 6 N–H and O–H groups in total. The highest BCUT2D eigenvalue weighted by Gasteiger charge is 2.41. The van der Waals surface area contributed by atoms with Gasteiger partial charge in [-0.05, 0) is 0 Å². The van der Waals surface area contributed by atoms with Crippen LogP contribution in [0.5, 0.6) is 0 Å². The molecule has 0 bridgehead atoms. The molecule has 0 spiro atoms. The molecule has 0 aliphatic heterocycles. The Labute approximate surface area is 116 Å². The van der Waals surface area contributed by atoms with Gasteiger partial charge in [0.25, 0.3) is 0 Å². The number of aliphatic hydroxyl groups is 1. The quantitative estimate of drug-likeness (QED) is 0.269. The number of rotatable bonds is 9. The van der Waals surface area contributed by atoms with E-state index >= 15 is 0 Å². The summed E-state index contributed by atoms with van der Waals surface area (Å²) in [6.07, 6.45) is -3.49. The van der Waals surface area contributed by atoms with Crippen molar-refractivity contribution in [3.63, 3.8) is 0 Å². The van der Waals surface area contributed by atoms with E-state index in [9.17, 15) is 29.1 Å². The molecule has 11 nitrogen and oxygen atoms in total. The summed E-state index contributed by atoms with van der Waals surface area (Å²) in [4.78, 5) is 53.8. The number of hydrogen-bond donors (Lipinski definition) is 6. The van der Waals surface area contributed by atoms with Crippen molar-refractivity contribution >= 4 is 29.8 Å². The number of carbonyl (C=O) groups excluding carboxylic acids is 1.